The number of hydrogen-bond donors (Lipinski definition) is 1. The van der Waals surface area contributed by atoms with Crippen LogP contribution in [0.1, 0.15) is 81.6 Å². The van der Waals surface area contributed by atoms with Crippen LogP contribution in [0.15, 0.2) is 54.6 Å². The predicted molar refractivity (Wildman–Crippen MR) is 183 cm³/mol. The summed E-state index contributed by atoms with van der Waals surface area (Å²) < 4.78 is 27.8. The van der Waals surface area contributed by atoms with Crippen LogP contribution in [0, 0.1) is 19.7 Å². The minimum absolute atomic E-state index is 0.0271. The molecule has 6 heterocycles. The highest BCUT2D eigenvalue weighted by Gasteiger charge is 2.40. The highest BCUT2D eigenvalue weighted by atomic mass is 19.1. The van der Waals surface area contributed by atoms with Crippen molar-refractivity contribution in [1.29, 1.82) is 0 Å². The number of fused-ring (bicyclic) bond motifs is 2. The van der Waals surface area contributed by atoms with E-state index in [9.17, 15) is 14.4 Å². The van der Waals surface area contributed by atoms with Crippen LogP contribution in [0.2, 0.25) is 0 Å². The third-order valence-electron chi connectivity index (χ3n) is 10.5. The highest BCUT2D eigenvalue weighted by Crippen LogP contribution is 2.36. The second kappa shape index (κ2) is 13.2. The zero-order chi connectivity index (χ0) is 34.5. The smallest absolute Gasteiger partial charge is 0.255 e. The Morgan fingerprint density at radius 1 is 0.940 bits per heavy atom. The van der Waals surface area contributed by atoms with Crippen molar-refractivity contribution in [3.8, 4) is 5.75 Å². The molecule has 1 N–H and O–H groups in total. The van der Waals surface area contributed by atoms with Gasteiger partial charge < -0.3 is 14.4 Å². The van der Waals surface area contributed by atoms with Gasteiger partial charge in [0.25, 0.3) is 5.91 Å². The van der Waals surface area contributed by atoms with Gasteiger partial charge in [-0.05, 0) is 98.3 Å². The summed E-state index contributed by atoms with van der Waals surface area (Å²) in [6.45, 7) is 7.55. The molecular weight excluding hydrogens is 637 g/mol. The van der Waals surface area contributed by atoms with E-state index in [0.717, 1.165) is 52.0 Å². The third-order valence-corrected chi connectivity index (χ3v) is 10.5. The van der Waals surface area contributed by atoms with Gasteiger partial charge in [0.1, 0.15) is 29.2 Å². The Morgan fingerprint density at radius 2 is 1.74 bits per heavy atom. The Balaban J connectivity index is 1.02. The van der Waals surface area contributed by atoms with Gasteiger partial charge in [-0.15, -0.1) is 0 Å². The largest absolute Gasteiger partial charge is 0.488 e. The van der Waals surface area contributed by atoms with Crippen molar-refractivity contribution in [3.05, 3.63) is 99.8 Å². The van der Waals surface area contributed by atoms with Gasteiger partial charge in [0, 0.05) is 85.7 Å². The third kappa shape index (κ3) is 6.35. The van der Waals surface area contributed by atoms with Gasteiger partial charge in [0.2, 0.25) is 11.8 Å². The minimum Gasteiger partial charge on any atom is -0.488 e. The summed E-state index contributed by atoms with van der Waals surface area (Å²) in [5, 5.41) is 3.15. The van der Waals surface area contributed by atoms with Crippen LogP contribution in [0.25, 0.3) is 10.9 Å². The number of aromatic nitrogens is 2. The summed E-state index contributed by atoms with van der Waals surface area (Å²) in [4.78, 5) is 50.6. The molecule has 2 aromatic heterocycles. The molecule has 10 nitrogen and oxygen atoms in total. The molecule has 0 saturated carbocycles. The van der Waals surface area contributed by atoms with Crippen molar-refractivity contribution in [2.45, 2.75) is 76.6 Å². The molecular formula is C39H40FN5O5. The van der Waals surface area contributed by atoms with Crippen molar-refractivity contribution >= 4 is 28.6 Å². The summed E-state index contributed by atoms with van der Waals surface area (Å²) in [5.41, 5.74) is 6.56. The number of amides is 3. The van der Waals surface area contributed by atoms with Crippen LogP contribution in [-0.4, -0.2) is 75.9 Å². The Labute approximate surface area is 290 Å². The van der Waals surface area contributed by atoms with Gasteiger partial charge in [0.15, 0.2) is 0 Å². The van der Waals surface area contributed by atoms with Gasteiger partial charge in [0.05, 0.1) is 0 Å². The van der Waals surface area contributed by atoms with E-state index in [-0.39, 0.29) is 42.6 Å². The van der Waals surface area contributed by atoms with Crippen molar-refractivity contribution in [3.63, 3.8) is 0 Å². The van der Waals surface area contributed by atoms with E-state index in [1.165, 1.54) is 0 Å². The Morgan fingerprint density at radius 3 is 2.52 bits per heavy atom. The number of carbonyl (C=O) groups is 3. The molecule has 0 bridgehead atoms. The van der Waals surface area contributed by atoms with E-state index in [4.69, 9.17) is 14.5 Å². The quantitative estimate of drug-likeness (QED) is 0.270. The van der Waals surface area contributed by atoms with Gasteiger partial charge in [-0.3, -0.25) is 29.6 Å². The molecule has 50 heavy (non-hydrogen) atoms. The molecule has 3 atom stereocenters. The first kappa shape index (κ1) is 32.5. The lowest BCUT2D eigenvalue weighted by Gasteiger charge is -2.29. The fourth-order valence-electron chi connectivity index (χ4n) is 8.14. The Hall–Kier alpha value is -4.74. The van der Waals surface area contributed by atoms with Crippen molar-refractivity contribution in [2.24, 2.45) is 0 Å². The zero-order valence-corrected chi connectivity index (χ0v) is 28.3. The molecule has 258 valence electrons. The number of benzene rings is 2. The number of nitrogens with one attached hydrogen (secondary N) is 1. The fraction of sp³-hybridized carbons (Fsp3) is 0.410. The van der Waals surface area contributed by atoms with E-state index in [1.807, 2.05) is 44.2 Å². The first-order valence-electron chi connectivity index (χ1n) is 17.5. The van der Waals surface area contributed by atoms with Crippen molar-refractivity contribution in [2.75, 3.05) is 26.3 Å². The van der Waals surface area contributed by atoms with Crippen LogP contribution in [0.3, 0.4) is 0 Å². The number of imide groups is 1. The molecule has 3 amide bonds. The zero-order valence-electron chi connectivity index (χ0n) is 28.3. The summed E-state index contributed by atoms with van der Waals surface area (Å²) in [6, 6.07) is 16.7. The molecule has 11 heteroatoms. The van der Waals surface area contributed by atoms with E-state index in [0.29, 0.717) is 62.0 Å². The maximum atomic E-state index is 15.6. The number of likely N-dealkylation sites (tertiary alicyclic amines) is 1. The maximum Gasteiger partial charge on any atom is 0.255 e. The average molecular weight is 678 g/mol. The molecule has 3 saturated heterocycles. The van der Waals surface area contributed by atoms with Gasteiger partial charge in [-0.2, -0.15) is 0 Å². The number of aryl methyl sites for hydroxylation is 2. The number of carbonyl (C=O) groups excluding carboxylic acids is 3. The van der Waals surface area contributed by atoms with E-state index in [1.54, 1.807) is 17.0 Å². The molecule has 0 unspecified atom stereocenters. The average Bonchev–Trinajstić information content (AvgIpc) is 3.64. The summed E-state index contributed by atoms with van der Waals surface area (Å²) in [5.74, 6) is -0.308. The second-order valence-corrected chi connectivity index (χ2v) is 14.1. The molecule has 0 aliphatic carbocycles. The molecule has 2 aromatic carbocycles. The Kier molecular flexibility index (Phi) is 8.56. The van der Waals surface area contributed by atoms with Gasteiger partial charge >= 0.3 is 0 Å². The van der Waals surface area contributed by atoms with Crippen LogP contribution in [0.5, 0.6) is 5.75 Å². The molecule has 0 spiro atoms. The fourth-order valence-corrected chi connectivity index (χ4v) is 8.14. The molecule has 0 radical (unpaired) electrons. The highest BCUT2D eigenvalue weighted by molar-refractivity contribution is 6.05. The van der Waals surface area contributed by atoms with Crippen LogP contribution in [0.4, 0.5) is 4.39 Å². The van der Waals surface area contributed by atoms with Gasteiger partial charge in [-0.1, -0.05) is 6.07 Å². The lowest BCUT2D eigenvalue weighted by molar-refractivity contribution is -0.136. The lowest BCUT2D eigenvalue weighted by atomic mass is 9.95. The lowest BCUT2D eigenvalue weighted by Crippen LogP contribution is -2.52. The molecule has 8 rings (SSSR count). The normalized spacial score (nSPS) is 23.1. The van der Waals surface area contributed by atoms with Crippen molar-refractivity contribution in [1.82, 2.24) is 25.1 Å². The van der Waals surface area contributed by atoms with Crippen LogP contribution < -0.4 is 10.1 Å². The van der Waals surface area contributed by atoms with Gasteiger partial charge in [-0.25, -0.2) is 9.37 Å². The number of hydrogen-bond acceptors (Lipinski definition) is 8. The van der Waals surface area contributed by atoms with E-state index < -0.39 is 11.9 Å². The number of piperidine rings is 1. The van der Waals surface area contributed by atoms with Crippen LogP contribution in [-0.2, 0) is 27.4 Å². The molecule has 4 aliphatic rings. The maximum absolute atomic E-state index is 15.6. The van der Waals surface area contributed by atoms with Crippen molar-refractivity contribution < 1.29 is 28.2 Å². The number of rotatable bonds is 7. The van der Waals surface area contributed by atoms with E-state index >= 15 is 4.39 Å². The predicted octanol–water partition coefficient (Wildman–Crippen LogP) is 5.09. The Bertz CT molecular complexity index is 1990. The minimum atomic E-state index is -0.673. The standard InChI is InChI=1S/C39H40FN5O5/c1-22-13-27(14-23(2)41-22)31-20-44(18-24-15-26-3-6-33(25-9-11-49-12-10-25)42-37(26)32(40)16-24)21-35(31)50-29-4-5-30-28(17-29)19-45(39(30)48)34-7-8-36(46)43-38(34)47/h3-6,13-17,25,31,34-35H,7-12,18-21H2,1-2H3,(H,43,46,47)/t31-,34+,35+/m1/s1. The van der Waals surface area contributed by atoms with Crippen LogP contribution >= 0.6 is 0 Å². The summed E-state index contributed by atoms with van der Waals surface area (Å²) >= 11 is 0. The number of nitrogens with zero attached hydrogens (tertiary/aromatic N) is 4. The van der Waals surface area contributed by atoms with E-state index in [2.05, 4.69) is 27.3 Å². The topological polar surface area (TPSA) is 114 Å². The molecule has 4 aliphatic heterocycles. The first-order chi connectivity index (χ1) is 24.2. The number of pyridine rings is 2. The SMILES string of the molecule is Cc1cc([C@H]2CN(Cc3cc(F)c4nc(C5CCOCC5)ccc4c3)C[C@@H]2Oc2ccc3c(c2)CN([C@H]2CCC(=O)NC2=O)C3=O)cc(C)n1. The molecule has 3 fully saturated rings. The number of halogens is 1. The summed E-state index contributed by atoms with van der Waals surface area (Å²) in [7, 11) is 0. The monoisotopic (exact) mass is 677 g/mol. The second-order valence-electron chi connectivity index (χ2n) is 14.1. The first-order valence-corrected chi connectivity index (χ1v) is 17.5. The molecule has 4 aromatic rings. The summed E-state index contributed by atoms with van der Waals surface area (Å²) in [6.07, 6.45) is 2.11. The number of ether oxygens (including phenoxy) is 2.